The standard InChI is InChI=1S/C12H13F4N2.C8H9N3O2/c13-9-6-7(3-4-8(9)12(14,15)16)11(17)10-2-1-5-18-10;12-8(13)11-2-1-6-3-9-5-10-7(6)4-11/h3-4,6,10-11,17-18H,1-2,5H2;3,5H,1-2,4H2,(H,12,13)/q-1;/t10-,11-;/m0./s1. The number of alkyl halides is 3. The van der Waals surface area contributed by atoms with Crippen molar-refractivity contribution in [2.75, 3.05) is 13.1 Å². The molecule has 0 spiro atoms. The van der Waals surface area contributed by atoms with E-state index >= 15 is 0 Å². The lowest BCUT2D eigenvalue weighted by atomic mass is 9.97. The summed E-state index contributed by atoms with van der Waals surface area (Å²) in [6.45, 7) is 1.71. The van der Waals surface area contributed by atoms with Crippen molar-refractivity contribution in [3.05, 3.63) is 64.7 Å². The molecule has 2 aromatic rings. The zero-order chi connectivity index (χ0) is 22.6. The molecular weight excluding hydrogens is 418 g/mol. The second-order valence-corrected chi connectivity index (χ2v) is 7.37. The topological polar surface area (TPSA) is 102 Å². The van der Waals surface area contributed by atoms with Crippen LogP contribution in [0.25, 0.3) is 5.73 Å². The van der Waals surface area contributed by atoms with Crippen molar-refractivity contribution in [1.82, 2.24) is 20.2 Å². The normalized spacial score (nSPS) is 19.3. The Bertz CT molecular complexity index is 919. The number of benzene rings is 1. The maximum Gasteiger partial charge on any atom is 0.419 e. The van der Waals surface area contributed by atoms with Crippen molar-refractivity contribution in [3.8, 4) is 0 Å². The molecule has 31 heavy (non-hydrogen) atoms. The first kappa shape index (κ1) is 22.9. The molecule has 0 saturated carbocycles. The molecule has 1 saturated heterocycles. The zero-order valence-corrected chi connectivity index (χ0v) is 16.5. The summed E-state index contributed by atoms with van der Waals surface area (Å²) >= 11 is 0. The summed E-state index contributed by atoms with van der Waals surface area (Å²) < 4.78 is 50.5. The van der Waals surface area contributed by atoms with Gasteiger partial charge >= 0.3 is 12.3 Å². The summed E-state index contributed by atoms with van der Waals surface area (Å²) in [6.07, 6.45) is 0.0594. The summed E-state index contributed by atoms with van der Waals surface area (Å²) in [7, 11) is 0. The van der Waals surface area contributed by atoms with E-state index in [9.17, 15) is 22.4 Å². The van der Waals surface area contributed by atoms with E-state index < -0.39 is 29.7 Å². The average Bonchev–Trinajstić information content (AvgIpc) is 3.27. The Labute approximate surface area is 176 Å². The van der Waals surface area contributed by atoms with E-state index in [1.54, 1.807) is 6.20 Å². The van der Waals surface area contributed by atoms with Gasteiger partial charge in [-0.1, -0.05) is 17.7 Å². The minimum atomic E-state index is -4.69. The fraction of sp³-hybridized carbons (Fsp3) is 0.450. The second kappa shape index (κ2) is 9.56. The molecule has 0 aliphatic carbocycles. The van der Waals surface area contributed by atoms with Crippen LogP contribution in [0.15, 0.2) is 30.7 Å². The SMILES string of the molecule is O=C(O)N1CCc2cncnc2C1.[NH-][C@@H](c1ccc(C(F)(F)F)c(F)c1)[C@@H]1CCCN1. The van der Waals surface area contributed by atoms with Crippen LogP contribution in [0, 0.1) is 5.82 Å². The van der Waals surface area contributed by atoms with Gasteiger partial charge in [-0.2, -0.15) is 13.2 Å². The van der Waals surface area contributed by atoms with Crippen molar-refractivity contribution in [2.24, 2.45) is 0 Å². The Morgan fingerprint density at radius 2 is 2.13 bits per heavy atom. The van der Waals surface area contributed by atoms with Crippen LogP contribution < -0.4 is 5.32 Å². The number of hydrogen-bond acceptors (Lipinski definition) is 4. The number of halogens is 4. The molecule has 2 aliphatic heterocycles. The second-order valence-electron chi connectivity index (χ2n) is 7.37. The van der Waals surface area contributed by atoms with Crippen molar-refractivity contribution in [1.29, 1.82) is 0 Å². The molecule has 7 nitrogen and oxygen atoms in total. The lowest BCUT2D eigenvalue weighted by Crippen LogP contribution is -2.35. The first-order chi connectivity index (χ1) is 14.7. The number of carboxylic acid groups (broad SMARTS) is 1. The van der Waals surface area contributed by atoms with Gasteiger partial charge in [-0.25, -0.2) is 19.2 Å². The van der Waals surface area contributed by atoms with Gasteiger partial charge in [-0.3, -0.25) is 0 Å². The number of hydrogen-bond donors (Lipinski definition) is 2. The van der Waals surface area contributed by atoms with E-state index in [1.165, 1.54) is 17.3 Å². The predicted molar refractivity (Wildman–Crippen MR) is 104 cm³/mol. The molecule has 2 atom stereocenters. The fourth-order valence-electron chi connectivity index (χ4n) is 3.60. The molecule has 2 aliphatic rings. The highest BCUT2D eigenvalue weighted by Crippen LogP contribution is 2.34. The Morgan fingerprint density at radius 3 is 2.74 bits per heavy atom. The average molecular weight is 440 g/mol. The summed E-state index contributed by atoms with van der Waals surface area (Å²) in [4.78, 5) is 19.9. The number of aromatic nitrogens is 2. The lowest BCUT2D eigenvalue weighted by Gasteiger charge is -2.28. The highest BCUT2D eigenvalue weighted by atomic mass is 19.4. The van der Waals surface area contributed by atoms with E-state index in [-0.39, 0.29) is 11.6 Å². The zero-order valence-electron chi connectivity index (χ0n) is 16.5. The third-order valence-corrected chi connectivity index (χ3v) is 5.30. The van der Waals surface area contributed by atoms with E-state index in [4.69, 9.17) is 10.8 Å². The van der Waals surface area contributed by atoms with Gasteiger partial charge in [0.15, 0.2) is 0 Å². The summed E-state index contributed by atoms with van der Waals surface area (Å²) in [6, 6.07) is 1.87. The molecule has 168 valence electrons. The molecule has 3 N–H and O–H groups in total. The molecule has 0 unspecified atom stereocenters. The van der Waals surface area contributed by atoms with Gasteiger partial charge in [0.25, 0.3) is 0 Å². The molecule has 1 amide bonds. The van der Waals surface area contributed by atoms with Crippen LogP contribution in [-0.2, 0) is 19.1 Å². The van der Waals surface area contributed by atoms with Gasteiger partial charge in [-0.05, 0) is 49.5 Å². The third kappa shape index (κ3) is 5.67. The minimum absolute atomic E-state index is 0.110. The Kier molecular flexibility index (Phi) is 7.06. The molecule has 11 heteroatoms. The highest BCUT2D eigenvalue weighted by Gasteiger charge is 2.34. The van der Waals surface area contributed by atoms with E-state index in [1.807, 2.05) is 0 Å². The minimum Gasteiger partial charge on any atom is -0.670 e. The lowest BCUT2D eigenvalue weighted by molar-refractivity contribution is -0.140. The Hall–Kier alpha value is -2.79. The van der Waals surface area contributed by atoms with Crippen molar-refractivity contribution >= 4 is 6.09 Å². The predicted octanol–water partition coefficient (Wildman–Crippen LogP) is 4.20. The van der Waals surface area contributed by atoms with Gasteiger partial charge in [0.05, 0.1) is 17.8 Å². The first-order valence-corrected chi connectivity index (χ1v) is 9.73. The third-order valence-electron chi connectivity index (χ3n) is 5.30. The molecule has 0 radical (unpaired) electrons. The van der Waals surface area contributed by atoms with Crippen LogP contribution in [-0.4, -0.2) is 45.2 Å². The maximum absolute atomic E-state index is 13.4. The quantitative estimate of drug-likeness (QED) is 0.682. The van der Waals surface area contributed by atoms with Crippen LogP contribution in [0.2, 0.25) is 0 Å². The number of rotatable bonds is 2. The van der Waals surface area contributed by atoms with Crippen LogP contribution in [0.5, 0.6) is 0 Å². The van der Waals surface area contributed by atoms with E-state index in [0.29, 0.717) is 25.6 Å². The van der Waals surface area contributed by atoms with Gasteiger partial charge in [0.1, 0.15) is 12.1 Å². The number of nitrogens with zero attached hydrogens (tertiary/aromatic N) is 3. The molecule has 3 heterocycles. The van der Waals surface area contributed by atoms with Crippen LogP contribution in [0.1, 0.15) is 41.3 Å². The van der Waals surface area contributed by atoms with Crippen LogP contribution in [0.4, 0.5) is 22.4 Å². The van der Waals surface area contributed by atoms with Gasteiger partial charge in [0.2, 0.25) is 0 Å². The Balaban J connectivity index is 0.000000185. The highest BCUT2D eigenvalue weighted by molar-refractivity contribution is 5.65. The number of nitrogens with one attached hydrogen (secondary N) is 2. The van der Waals surface area contributed by atoms with Gasteiger partial charge in [-0.15, -0.1) is 0 Å². The van der Waals surface area contributed by atoms with Crippen LogP contribution >= 0.6 is 0 Å². The van der Waals surface area contributed by atoms with E-state index in [0.717, 1.165) is 36.7 Å². The summed E-state index contributed by atoms with van der Waals surface area (Å²) in [5.74, 6) is -1.31. The van der Waals surface area contributed by atoms with Crippen LogP contribution in [0.3, 0.4) is 0 Å². The molecular formula is C20H22F4N5O2-. The monoisotopic (exact) mass is 440 g/mol. The first-order valence-electron chi connectivity index (χ1n) is 9.73. The van der Waals surface area contributed by atoms with Gasteiger partial charge < -0.3 is 21.1 Å². The van der Waals surface area contributed by atoms with E-state index in [2.05, 4.69) is 15.3 Å². The molecule has 1 aromatic carbocycles. The fourth-order valence-corrected chi connectivity index (χ4v) is 3.60. The molecule has 4 rings (SSSR count). The van der Waals surface area contributed by atoms with Crippen molar-refractivity contribution < 1.29 is 27.5 Å². The van der Waals surface area contributed by atoms with Crippen molar-refractivity contribution in [2.45, 2.75) is 44.1 Å². The summed E-state index contributed by atoms with van der Waals surface area (Å²) in [5, 5.41) is 11.8. The molecule has 1 aromatic heterocycles. The molecule has 1 fully saturated rings. The number of amides is 1. The maximum atomic E-state index is 13.4. The van der Waals surface area contributed by atoms with Gasteiger partial charge in [0, 0.05) is 12.7 Å². The largest absolute Gasteiger partial charge is 0.670 e. The van der Waals surface area contributed by atoms with Crippen molar-refractivity contribution in [3.63, 3.8) is 0 Å². The Morgan fingerprint density at radius 1 is 1.35 bits per heavy atom. The summed E-state index contributed by atoms with van der Waals surface area (Å²) in [5.41, 5.74) is 8.80. The number of fused-ring (bicyclic) bond motifs is 1. The number of carbonyl (C=O) groups is 1. The smallest absolute Gasteiger partial charge is 0.419 e. The molecule has 0 bridgehead atoms.